The van der Waals surface area contributed by atoms with Crippen LogP contribution in [-0.4, -0.2) is 36.8 Å². The molecule has 0 spiro atoms. The lowest BCUT2D eigenvalue weighted by molar-refractivity contribution is 0.102. The third-order valence-electron chi connectivity index (χ3n) is 5.91. The SMILES string of the molecule is COc1ccc(Cc2nc(NC(=O)c3ccccc3)n(C)c2Cc2ccc(OC)c(OC)c2)cc1. The maximum Gasteiger partial charge on any atom is 0.257 e. The van der Waals surface area contributed by atoms with Gasteiger partial charge in [-0.05, 0) is 47.5 Å². The molecule has 0 aliphatic heterocycles. The number of ether oxygens (including phenoxy) is 3. The van der Waals surface area contributed by atoms with Gasteiger partial charge in [0.2, 0.25) is 5.95 Å². The lowest BCUT2D eigenvalue weighted by Crippen LogP contribution is -2.15. The van der Waals surface area contributed by atoms with Gasteiger partial charge in [0, 0.05) is 31.1 Å². The highest BCUT2D eigenvalue weighted by molar-refractivity contribution is 6.03. The van der Waals surface area contributed by atoms with E-state index in [4.69, 9.17) is 19.2 Å². The Morgan fingerprint density at radius 1 is 0.829 bits per heavy atom. The minimum Gasteiger partial charge on any atom is -0.497 e. The Morgan fingerprint density at radius 2 is 1.51 bits per heavy atom. The van der Waals surface area contributed by atoms with Crippen molar-refractivity contribution in [1.82, 2.24) is 9.55 Å². The van der Waals surface area contributed by atoms with Gasteiger partial charge in [0.05, 0.1) is 27.0 Å². The number of rotatable bonds is 9. The van der Waals surface area contributed by atoms with E-state index >= 15 is 0 Å². The van der Waals surface area contributed by atoms with Gasteiger partial charge in [0.15, 0.2) is 11.5 Å². The Kier molecular flexibility index (Phi) is 7.35. The quantitative estimate of drug-likeness (QED) is 0.377. The van der Waals surface area contributed by atoms with E-state index < -0.39 is 0 Å². The molecule has 3 aromatic carbocycles. The van der Waals surface area contributed by atoms with Crippen LogP contribution >= 0.6 is 0 Å². The maximum absolute atomic E-state index is 12.8. The molecule has 35 heavy (non-hydrogen) atoms. The molecular formula is C28H29N3O4. The summed E-state index contributed by atoms with van der Waals surface area (Å²) in [5, 5.41) is 2.97. The molecule has 7 heteroatoms. The zero-order chi connectivity index (χ0) is 24.8. The largest absolute Gasteiger partial charge is 0.497 e. The van der Waals surface area contributed by atoms with Crippen LogP contribution in [0.5, 0.6) is 17.2 Å². The highest BCUT2D eigenvalue weighted by atomic mass is 16.5. The van der Waals surface area contributed by atoms with Crippen LogP contribution in [-0.2, 0) is 19.9 Å². The van der Waals surface area contributed by atoms with Crippen molar-refractivity contribution in [2.24, 2.45) is 7.05 Å². The smallest absolute Gasteiger partial charge is 0.257 e. The molecule has 0 saturated heterocycles. The molecule has 180 valence electrons. The first-order valence-electron chi connectivity index (χ1n) is 11.3. The maximum atomic E-state index is 12.8. The average Bonchev–Trinajstić information content (AvgIpc) is 3.18. The van der Waals surface area contributed by atoms with Crippen molar-refractivity contribution in [1.29, 1.82) is 0 Å². The molecule has 0 aliphatic rings. The zero-order valence-electron chi connectivity index (χ0n) is 20.4. The van der Waals surface area contributed by atoms with Crippen molar-refractivity contribution >= 4 is 11.9 Å². The number of amides is 1. The molecule has 0 fully saturated rings. The van der Waals surface area contributed by atoms with E-state index in [1.807, 2.05) is 72.3 Å². The first-order valence-corrected chi connectivity index (χ1v) is 11.3. The lowest BCUT2D eigenvalue weighted by Gasteiger charge is -2.12. The Labute approximate surface area is 205 Å². The van der Waals surface area contributed by atoms with Gasteiger partial charge >= 0.3 is 0 Å². The number of benzene rings is 3. The van der Waals surface area contributed by atoms with Crippen molar-refractivity contribution in [3.63, 3.8) is 0 Å². The number of methoxy groups -OCH3 is 3. The van der Waals surface area contributed by atoms with E-state index in [1.54, 1.807) is 33.5 Å². The van der Waals surface area contributed by atoms with Crippen LogP contribution in [0.4, 0.5) is 5.95 Å². The molecule has 1 N–H and O–H groups in total. The standard InChI is InChI=1S/C28H29N3O4/c1-31-24(17-20-12-15-25(34-3)26(18-20)35-4)23(16-19-10-13-22(33-2)14-11-19)29-28(31)30-27(32)21-8-6-5-7-9-21/h5-15,18H,16-17H2,1-4H3,(H,29,30,32). The second-order valence-corrected chi connectivity index (χ2v) is 8.10. The molecule has 1 amide bonds. The first-order chi connectivity index (χ1) is 17.0. The van der Waals surface area contributed by atoms with Gasteiger partial charge in [-0.25, -0.2) is 4.98 Å². The highest BCUT2D eigenvalue weighted by Crippen LogP contribution is 2.30. The number of hydrogen-bond donors (Lipinski definition) is 1. The van der Waals surface area contributed by atoms with Gasteiger partial charge in [0.25, 0.3) is 5.91 Å². The third-order valence-corrected chi connectivity index (χ3v) is 5.91. The predicted octanol–water partition coefficient (Wildman–Crippen LogP) is 4.88. The van der Waals surface area contributed by atoms with Gasteiger partial charge in [-0.15, -0.1) is 0 Å². The van der Waals surface area contributed by atoms with Crippen molar-refractivity contribution in [2.75, 3.05) is 26.6 Å². The van der Waals surface area contributed by atoms with Crippen molar-refractivity contribution in [3.05, 3.63) is 101 Å². The summed E-state index contributed by atoms with van der Waals surface area (Å²) >= 11 is 0. The van der Waals surface area contributed by atoms with Crippen LogP contribution in [0.15, 0.2) is 72.8 Å². The Morgan fingerprint density at radius 3 is 2.17 bits per heavy atom. The summed E-state index contributed by atoms with van der Waals surface area (Å²) in [6.45, 7) is 0. The fourth-order valence-corrected chi connectivity index (χ4v) is 3.95. The summed E-state index contributed by atoms with van der Waals surface area (Å²) in [4.78, 5) is 17.6. The number of nitrogens with zero attached hydrogens (tertiary/aromatic N) is 2. The first kappa shape index (κ1) is 23.9. The predicted molar refractivity (Wildman–Crippen MR) is 136 cm³/mol. The van der Waals surface area contributed by atoms with Crippen LogP contribution in [0, 0.1) is 0 Å². The van der Waals surface area contributed by atoms with Crippen LogP contribution < -0.4 is 19.5 Å². The van der Waals surface area contributed by atoms with Crippen LogP contribution in [0.3, 0.4) is 0 Å². The van der Waals surface area contributed by atoms with E-state index in [-0.39, 0.29) is 5.91 Å². The van der Waals surface area contributed by atoms with Crippen LogP contribution in [0.1, 0.15) is 32.9 Å². The molecule has 1 heterocycles. The highest BCUT2D eigenvalue weighted by Gasteiger charge is 2.19. The Balaban J connectivity index is 1.68. The molecule has 0 unspecified atom stereocenters. The Bertz CT molecular complexity index is 1300. The fourth-order valence-electron chi connectivity index (χ4n) is 3.95. The van der Waals surface area contributed by atoms with Crippen LogP contribution in [0.2, 0.25) is 0 Å². The summed E-state index contributed by atoms with van der Waals surface area (Å²) in [6.07, 6.45) is 1.22. The summed E-state index contributed by atoms with van der Waals surface area (Å²) < 4.78 is 18.1. The minimum absolute atomic E-state index is 0.202. The topological polar surface area (TPSA) is 74.6 Å². The van der Waals surface area contributed by atoms with E-state index in [9.17, 15) is 4.79 Å². The van der Waals surface area contributed by atoms with E-state index in [0.29, 0.717) is 35.9 Å². The number of hydrogen-bond acceptors (Lipinski definition) is 5. The van der Waals surface area contributed by atoms with E-state index in [2.05, 4.69) is 5.32 Å². The van der Waals surface area contributed by atoms with Gasteiger partial charge in [0.1, 0.15) is 5.75 Å². The molecule has 7 nitrogen and oxygen atoms in total. The molecule has 0 bridgehead atoms. The van der Waals surface area contributed by atoms with Gasteiger partial charge < -0.3 is 18.8 Å². The number of aromatic nitrogens is 2. The second kappa shape index (κ2) is 10.8. The van der Waals surface area contributed by atoms with Crippen molar-refractivity contribution in [3.8, 4) is 17.2 Å². The molecule has 0 saturated carbocycles. The van der Waals surface area contributed by atoms with Gasteiger partial charge in [-0.1, -0.05) is 36.4 Å². The third kappa shape index (κ3) is 5.46. The molecule has 1 aromatic heterocycles. The zero-order valence-corrected chi connectivity index (χ0v) is 20.4. The van der Waals surface area contributed by atoms with Crippen molar-refractivity contribution < 1.29 is 19.0 Å². The van der Waals surface area contributed by atoms with E-state index in [0.717, 1.165) is 28.3 Å². The summed E-state index contributed by atoms with van der Waals surface area (Å²) in [5.74, 6) is 2.44. The molecule has 0 atom stereocenters. The number of anilines is 1. The molecule has 0 radical (unpaired) electrons. The number of imidazole rings is 1. The monoisotopic (exact) mass is 471 g/mol. The lowest BCUT2D eigenvalue weighted by atomic mass is 10.0. The molecule has 4 rings (SSSR count). The van der Waals surface area contributed by atoms with Crippen molar-refractivity contribution in [2.45, 2.75) is 12.8 Å². The molecule has 0 aliphatic carbocycles. The van der Waals surface area contributed by atoms with E-state index in [1.165, 1.54) is 0 Å². The Hall–Kier alpha value is -4.26. The number of nitrogens with one attached hydrogen (secondary N) is 1. The summed E-state index contributed by atoms with van der Waals surface area (Å²) in [5.41, 5.74) is 4.60. The van der Waals surface area contributed by atoms with Gasteiger partial charge in [-0.2, -0.15) is 0 Å². The minimum atomic E-state index is -0.202. The van der Waals surface area contributed by atoms with Gasteiger partial charge in [-0.3, -0.25) is 10.1 Å². The summed E-state index contributed by atoms with van der Waals surface area (Å²) in [6, 6.07) is 22.9. The molecule has 4 aromatic rings. The fraction of sp³-hybridized carbons (Fsp3) is 0.214. The number of carbonyl (C=O) groups is 1. The summed E-state index contributed by atoms with van der Waals surface area (Å²) in [7, 11) is 6.81. The van der Waals surface area contributed by atoms with Crippen LogP contribution in [0.25, 0.3) is 0 Å². The second-order valence-electron chi connectivity index (χ2n) is 8.10. The number of carbonyl (C=O) groups excluding carboxylic acids is 1. The normalized spacial score (nSPS) is 10.6. The average molecular weight is 472 g/mol. The molecular weight excluding hydrogens is 442 g/mol.